The van der Waals surface area contributed by atoms with Crippen molar-refractivity contribution in [2.24, 2.45) is 0 Å². The molecule has 0 radical (unpaired) electrons. The van der Waals surface area contributed by atoms with Gasteiger partial charge in [0, 0.05) is 24.4 Å². The molecule has 1 N–H and O–H groups in total. The SMILES string of the molecule is CNC(Cc1csc(C)n1)C1(C)CCCCO1. The second-order valence-corrected chi connectivity index (χ2v) is 6.08. The zero-order chi connectivity index (χ0) is 12.3. The van der Waals surface area contributed by atoms with Crippen LogP contribution < -0.4 is 5.32 Å². The summed E-state index contributed by atoms with van der Waals surface area (Å²) in [6.07, 6.45) is 4.56. The van der Waals surface area contributed by atoms with E-state index >= 15 is 0 Å². The first-order valence-corrected chi connectivity index (χ1v) is 7.24. The van der Waals surface area contributed by atoms with Gasteiger partial charge in [-0.25, -0.2) is 4.98 Å². The van der Waals surface area contributed by atoms with Crippen LogP contribution in [-0.4, -0.2) is 30.3 Å². The van der Waals surface area contributed by atoms with Crippen molar-refractivity contribution in [2.45, 2.75) is 51.2 Å². The quantitative estimate of drug-likeness (QED) is 0.896. The van der Waals surface area contributed by atoms with Crippen LogP contribution in [0.15, 0.2) is 5.38 Å². The zero-order valence-electron chi connectivity index (χ0n) is 11.0. The molecule has 1 fully saturated rings. The predicted molar refractivity (Wildman–Crippen MR) is 71.6 cm³/mol. The average Bonchev–Trinajstić information content (AvgIpc) is 2.72. The Morgan fingerprint density at radius 3 is 2.94 bits per heavy atom. The molecule has 96 valence electrons. The summed E-state index contributed by atoms with van der Waals surface area (Å²) in [5, 5.41) is 6.71. The largest absolute Gasteiger partial charge is 0.374 e. The van der Waals surface area contributed by atoms with Crippen molar-refractivity contribution in [1.82, 2.24) is 10.3 Å². The molecule has 2 atom stereocenters. The van der Waals surface area contributed by atoms with Gasteiger partial charge in [0.15, 0.2) is 0 Å². The molecule has 1 saturated heterocycles. The van der Waals surface area contributed by atoms with Crippen LogP contribution >= 0.6 is 11.3 Å². The number of hydrogen-bond donors (Lipinski definition) is 1. The third-order valence-corrected chi connectivity index (χ3v) is 4.49. The standard InChI is InChI=1S/C13H22N2OS/c1-10-15-11(9-17-10)8-12(14-3)13(2)6-4-5-7-16-13/h9,12,14H,4-8H2,1-3H3. The van der Waals surface area contributed by atoms with Gasteiger partial charge in [0.1, 0.15) is 0 Å². The molecule has 0 amide bonds. The highest BCUT2D eigenvalue weighted by molar-refractivity contribution is 7.09. The fourth-order valence-electron chi connectivity index (χ4n) is 2.56. The van der Waals surface area contributed by atoms with E-state index in [2.05, 4.69) is 29.5 Å². The van der Waals surface area contributed by atoms with Crippen LogP contribution in [0.4, 0.5) is 0 Å². The van der Waals surface area contributed by atoms with Gasteiger partial charge in [0.05, 0.1) is 16.3 Å². The maximum absolute atomic E-state index is 6.01. The summed E-state index contributed by atoms with van der Waals surface area (Å²) in [5.74, 6) is 0. The maximum Gasteiger partial charge on any atom is 0.0897 e. The van der Waals surface area contributed by atoms with Gasteiger partial charge in [0.2, 0.25) is 0 Å². The van der Waals surface area contributed by atoms with Crippen molar-refractivity contribution in [1.29, 1.82) is 0 Å². The van der Waals surface area contributed by atoms with E-state index in [-0.39, 0.29) is 5.60 Å². The Balaban J connectivity index is 2.05. The van der Waals surface area contributed by atoms with Crippen LogP contribution in [0.5, 0.6) is 0 Å². The van der Waals surface area contributed by atoms with Gasteiger partial charge in [-0.05, 0) is 40.2 Å². The van der Waals surface area contributed by atoms with Crippen LogP contribution in [0.1, 0.15) is 36.9 Å². The molecular formula is C13H22N2OS. The van der Waals surface area contributed by atoms with Crippen molar-refractivity contribution in [3.63, 3.8) is 0 Å². The van der Waals surface area contributed by atoms with Crippen molar-refractivity contribution in [2.75, 3.05) is 13.7 Å². The highest BCUT2D eigenvalue weighted by Crippen LogP contribution is 2.29. The molecule has 3 nitrogen and oxygen atoms in total. The molecule has 1 aromatic rings. The van der Waals surface area contributed by atoms with Gasteiger partial charge in [-0.2, -0.15) is 0 Å². The number of aromatic nitrogens is 1. The van der Waals surface area contributed by atoms with Crippen LogP contribution in [0, 0.1) is 6.92 Å². The van der Waals surface area contributed by atoms with Crippen LogP contribution in [-0.2, 0) is 11.2 Å². The highest BCUT2D eigenvalue weighted by atomic mass is 32.1. The smallest absolute Gasteiger partial charge is 0.0897 e. The Morgan fingerprint density at radius 1 is 1.59 bits per heavy atom. The predicted octanol–water partition coefficient (Wildman–Crippen LogP) is 2.54. The van der Waals surface area contributed by atoms with E-state index in [0.29, 0.717) is 6.04 Å². The molecule has 2 heterocycles. The molecule has 1 aromatic heterocycles. The van der Waals surface area contributed by atoms with Crippen molar-refractivity contribution in [3.05, 3.63) is 16.1 Å². The Labute approximate surface area is 108 Å². The highest BCUT2D eigenvalue weighted by Gasteiger charge is 2.36. The molecule has 17 heavy (non-hydrogen) atoms. The first kappa shape index (κ1) is 13.0. The monoisotopic (exact) mass is 254 g/mol. The maximum atomic E-state index is 6.01. The van der Waals surface area contributed by atoms with Crippen LogP contribution in [0.25, 0.3) is 0 Å². The topological polar surface area (TPSA) is 34.2 Å². The van der Waals surface area contributed by atoms with E-state index in [0.717, 1.165) is 24.5 Å². The number of nitrogens with zero attached hydrogens (tertiary/aromatic N) is 1. The summed E-state index contributed by atoms with van der Waals surface area (Å²) in [7, 11) is 2.02. The van der Waals surface area contributed by atoms with Crippen molar-refractivity contribution < 1.29 is 4.74 Å². The van der Waals surface area contributed by atoms with E-state index in [4.69, 9.17) is 4.74 Å². The van der Waals surface area contributed by atoms with Gasteiger partial charge in [-0.1, -0.05) is 0 Å². The van der Waals surface area contributed by atoms with Crippen LogP contribution in [0.3, 0.4) is 0 Å². The third-order valence-electron chi connectivity index (χ3n) is 3.66. The van der Waals surface area contributed by atoms with Crippen molar-refractivity contribution in [3.8, 4) is 0 Å². The molecular weight excluding hydrogens is 232 g/mol. The minimum absolute atomic E-state index is 0.0372. The van der Waals surface area contributed by atoms with Gasteiger partial charge in [-0.15, -0.1) is 11.3 Å². The number of hydrogen-bond acceptors (Lipinski definition) is 4. The molecule has 1 aliphatic rings. The molecule has 0 aromatic carbocycles. The Bertz CT molecular complexity index is 358. The first-order chi connectivity index (χ1) is 8.14. The van der Waals surface area contributed by atoms with Gasteiger partial charge in [0.25, 0.3) is 0 Å². The minimum Gasteiger partial charge on any atom is -0.374 e. The van der Waals surface area contributed by atoms with Gasteiger partial charge in [-0.3, -0.25) is 0 Å². The number of rotatable bonds is 4. The van der Waals surface area contributed by atoms with E-state index < -0.39 is 0 Å². The van der Waals surface area contributed by atoms with E-state index in [1.54, 1.807) is 11.3 Å². The molecule has 1 aliphatic heterocycles. The van der Waals surface area contributed by atoms with Gasteiger partial charge >= 0.3 is 0 Å². The molecule has 2 rings (SSSR count). The normalized spacial score (nSPS) is 27.0. The summed E-state index contributed by atoms with van der Waals surface area (Å²) < 4.78 is 6.01. The Morgan fingerprint density at radius 2 is 2.41 bits per heavy atom. The van der Waals surface area contributed by atoms with Crippen LogP contribution in [0.2, 0.25) is 0 Å². The van der Waals surface area contributed by atoms with Crippen molar-refractivity contribution >= 4 is 11.3 Å². The molecule has 4 heteroatoms. The second-order valence-electron chi connectivity index (χ2n) is 5.02. The number of nitrogens with one attached hydrogen (secondary N) is 1. The Hall–Kier alpha value is -0.450. The second kappa shape index (κ2) is 5.46. The number of likely N-dealkylation sites (N-methyl/N-ethyl adjacent to an activating group) is 1. The zero-order valence-corrected chi connectivity index (χ0v) is 11.8. The van der Waals surface area contributed by atoms with E-state index in [1.165, 1.54) is 18.5 Å². The number of aryl methyl sites for hydroxylation is 1. The fraction of sp³-hybridized carbons (Fsp3) is 0.769. The minimum atomic E-state index is -0.0372. The fourth-order valence-corrected chi connectivity index (χ4v) is 3.19. The van der Waals surface area contributed by atoms with E-state index in [9.17, 15) is 0 Å². The first-order valence-electron chi connectivity index (χ1n) is 6.36. The van der Waals surface area contributed by atoms with Gasteiger partial charge < -0.3 is 10.1 Å². The lowest BCUT2D eigenvalue weighted by atomic mass is 9.86. The molecule has 0 bridgehead atoms. The lowest BCUT2D eigenvalue weighted by Crippen LogP contribution is -2.52. The third kappa shape index (κ3) is 3.06. The molecule has 0 aliphatic carbocycles. The summed E-state index contributed by atoms with van der Waals surface area (Å²) >= 11 is 1.72. The summed E-state index contributed by atoms with van der Waals surface area (Å²) in [4.78, 5) is 4.55. The lowest BCUT2D eigenvalue weighted by Gasteiger charge is -2.40. The van der Waals surface area contributed by atoms with E-state index in [1.807, 2.05) is 7.05 Å². The summed E-state index contributed by atoms with van der Waals surface area (Å²) in [6.45, 7) is 5.18. The lowest BCUT2D eigenvalue weighted by molar-refractivity contribution is -0.0872. The molecule has 0 saturated carbocycles. The molecule has 0 spiro atoms. The number of thiazole rings is 1. The average molecular weight is 254 g/mol. The number of ether oxygens (including phenoxy) is 1. The summed E-state index contributed by atoms with van der Waals surface area (Å²) in [5.41, 5.74) is 1.15. The Kier molecular flexibility index (Phi) is 4.17. The molecule has 2 unspecified atom stereocenters. The summed E-state index contributed by atoms with van der Waals surface area (Å²) in [6, 6.07) is 0.351.